The van der Waals surface area contributed by atoms with E-state index in [0.29, 0.717) is 6.04 Å². The third-order valence-electron chi connectivity index (χ3n) is 3.30. The molecule has 0 amide bonds. The van der Waals surface area contributed by atoms with E-state index in [1.807, 2.05) is 5.51 Å². The number of nitrogens with two attached hydrogens (primary N) is 1. The summed E-state index contributed by atoms with van der Waals surface area (Å²) in [5.74, 6) is 0. The highest BCUT2D eigenvalue weighted by atomic mass is 32.1. The summed E-state index contributed by atoms with van der Waals surface area (Å²) < 4.78 is 0. The molecule has 4 heteroatoms. The number of hydrogen-bond donors (Lipinski definition) is 1. The van der Waals surface area contributed by atoms with Crippen LogP contribution in [0.15, 0.2) is 10.9 Å². The molecule has 2 rings (SSSR count). The maximum Gasteiger partial charge on any atom is 0.0795 e. The van der Waals surface area contributed by atoms with E-state index in [1.54, 1.807) is 11.3 Å². The molecule has 0 radical (unpaired) electrons. The molecule has 90 valence electrons. The van der Waals surface area contributed by atoms with Crippen molar-refractivity contribution in [2.45, 2.75) is 44.7 Å². The first-order valence-electron chi connectivity index (χ1n) is 6.20. The third kappa shape index (κ3) is 2.62. The molecule has 16 heavy (non-hydrogen) atoms. The van der Waals surface area contributed by atoms with Crippen molar-refractivity contribution in [3.8, 4) is 0 Å². The molecule has 1 aliphatic heterocycles. The normalized spacial score (nSPS) is 27.9. The number of rotatable bonds is 3. The summed E-state index contributed by atoms with van der Waals surface area (Å²) in [7, 11) is 0. The van der Waals surface area contributed by atoms with Gasteiger partial charge in [-0.05, 0) is 32.4 Å². The Hall–Kier alpha value is -0.450. The van der Waals surface area contributed by atoms with Crippen molar-refractivity contribution in [1.82, 2.24) is 9.88 Å². The zero-order chi connectivity index (χ0) is 11.4. The first-order chi connectivity index (χ1) is 7.83. The summed E-state index contributed by atoms with van der Waals surface area (Å²) >= 11 is 1.67. The fourth-order valence-electron chi connectivity index (χ4n) is 2.58. The van der Waals surface area contributed by atoms with Crippen molar-refractivity contribution in [3.63, 3.8) is 0 Å². The lowest BCUT2D eigenvalue weighted by atomic mass is 10.0. The summed E-state index contributed by atoms with van der Waals surface area (Å²) in [5.41, 5.74) is 9.40. The van der Waals surface area contributed by atoms with Gasteiger partial charge in [0.1, 0.15) is 0 Å². The minimum atomic E-state index is 0.246. The van der Waals surface area contributed by atoms with Gasteiger partial charge >= 0.3 is 0 Å². The molecular formula is C12H21N3S. The van der Waals surface area contributed by atoms with Crippen molar-refractivity contribution in [2.75, 3.05) is 13.1 Å². The van der Waals surface area contributed by atoms with E-state index in [4.69, 9.17) is 5.73 Å². The van der Waals surface area contributed by atoms with E-state index in [-0.39, 0.29) is 6.04 Å². The lowest BCUT2D eigenvalue weighted by molar-refractivity contribution is 0.182. The predicted octanol–water partition coefficient (Wildman–Crippen LogP) is 2.41. The van der Waals surface area contributed by atoms with Crippen LogP contribution in [-0.4, -0.2) is 29.0 Å². The monoisotopic (exact) mass is 239 g/mol. The number of thiazole rings is 1. The number of aromatic nitrogens is 1. The van der Waals surface area contributed by atoms with Gasteiger partial charge in [-0.2, -0.15) is 0 Å². The van der Waals surface area contributed by atoms with E-state index in [0.717, 1.165) is 13.0 Å². The van der Waals surface area contributed by atoms with Crippen LogP contribution in [0, 0.1) is 0 Å². The van der Waals surface area contributed by atoms with Crippen molar-refractivity contribution in [2.24, 2.45) is 5.73 Å². The van der Waals surface area contributed by atoms with Crippen LogP contribution in [0.2, 0.25) is 0 Å². The van der Waals surface area contributed by atoms with Gasteiger partial charge in [-0.25, -0.2) is 4.98 Å². The second kappa shape index (κ2) is 5.75. The molecule has 1 saturated heterocycles. The van der Waals surface area contributed by atoms with Gasteiger partial charge in [0.25, 0.3) is 0 Å². The Morgan fingerprint density at radius 3 is 3.12 bits per heavy atom. The van der Waals surface area contributed by atoms with Crippen LogP contribution in [0.1, 0.15) is 44.3 Å². The Bertz CT molecular complexity index is 299. The average molecular weight is 239 g/mol. The molecule has 0 bridgehead atoms. The van der Waals surface area contributed by atoms with Crippen LogP contribution in [0.5, 0.6) is 0 Å². The summed E-state index contributed by atoms with van der Waals surface area (Å²) in [6.07, 6.45) is 4.84. The molecule has 0 aromatic carbocycles. The van der Waals surface area contributed by atoms with E-state index >= 15 is 0 Å². The SMILES string of the molecule is CCCN1CCCCC(N)C1c1cscn1. The fraction of sp³-hybridized carbons (Fsp3) is 0.750. The summed E-state index contributed by atoms with van der Waals surface area (Å²) in [5, 5.41) is 2.15. The van der Waals surface area contributed by atoms with E-state index in [2.05, 4.69) is 22.2 Å². The topological polar surface area (TPSA) is 42.1 Å². The zero-order valence-electron chi connectivity index (χ0n) is 9.93. The highest BCUT2D eigenvalue weighted by Gasteiger charge is 2.29. The molecule has 2 N–H and O–H groups in total. The number of hydrogen-bond acceptors (Lipinski definition) is 4. The molecular weight excluding hydrogens is 218 g/mol. The van der Waals surface area contributed by atoms with E-state index in [1.165, 1.54) is 31.5 Å². The zero-order valence-corrected chi connectivity index (χ0v) is 10.7. The number of likely N-dealkylation sites (tertiary alicyclic amines) is 1. The second-order valence-electron chi connectivity index (χ2n) is 4.55. The van der Waals surface area contributed by atoms with E-state index in [9.17, 15) is 0 Å². The summed E-state index contributed by atoms with van der Waals surface area (Å²) in [4.78, 5) is 6.98. The van der Waals surface area contributed by atoms with Gasteiger partial charge in [0.2, 0.25) is 0 Å². The van der Waals surface area contributed by atoms with Gasteiger partial charge in [0.15, 0.2) is 0 Å². The molecule has 0 saturated carbocycles. The first-order valence-corrected chi connectivity index (χ1v) is 7.15. The van der Waals surface area contributed by atoms with Gasteiger partial charge in [-0.1, -0.05) is 13.3 Å². The van der Waals surface area contributed by atoms with Gasteiger partial charge in [0.05, 0.1) is 17.2 Å². The van der Waals surface area contributed by atoms with Crippen LogP contribution in [0.25, 0.3) is 0 Å². The highest BCUT2D eigenvalue weighted by molar-refractivity contribution is 7.07. The van der Waals surface area contributed by atoms with Crippen LogP contribution in [0.3, 0.4) is 0 Å². The Morgan fingerprint density at radius 1 is 1.56 bits per heavy atom. The average Bonchev–Trinajstić information content (AvgIpc) is 2.72. The minimum absolute atomic E-state index is 0.246. The second-order valence-corrected chi connectivity index (χ2v) is 5.27. The predicted molar refractivity (Wildman–Crippen MR) is 68.5 cm³/mol. The quantitative estimate of drug-likeness (QED) is 0.880. The van der Waals surface area contributed by atoms with Gasteiger partial charge in [-0.3, -0.25) is 4.90 Å². The van der Waals surface area contributed by atoms with Crippen molar-refractivity contribution < 1.29 is 0 Å². The largest absolute Gasteiger partial charge is 0.326 e. The lowest BCUT2D eigenvalue weighted by Gasteiger charge is -2.31. The Kier molecular flexibility index (Phi) is 4.32. The molecule has 0 spiro atoms. The Morgan fingerprint density at radius 2 is 2.44 bits per heavy atom. The van der Waals surface area contributed by atoms with Crippen molar-refractivity contribution in [3.05, 3.63) is 16.6 Å². The van der Waals surface area contributed by atoms with E-state index < -0.39 is 0 Å². The first kappa shape index (κ1) is 12.0. The Labute approximate surface area is 102 Å². The molecule has 0 aliphatic carbocycles. The molecule has 2 unspecified atom stereocenters. The summed E-state index contributed by atoms with van der Waals surface area (Å²) in [6, 6.07) is 0.588. The molecule has 3 nitrogen and oxygen atoms in total. The maximum absolute atomic E-state index is 6.31. The molecule has 1 aromatic rings. The minimum Gasteiger partial charge on any atom is -0.326 e. The summed E-state index contributed by atoms with van der Waals surface area (Å²) in [6.45, 7) is 4.54. The van der Waals surface area contributed by atoms with Gasteiger partial charge < -0.3 is 5.73 Å². The van der Waals surface area contributed by atoms with Crippen molar-refractivity contribution >= 4 is 11.3 Å². The Balaban J connectivity index is 2.19. The molecule has 2 heterocycles. The van der Waals surface area contributed by atoms with Crippen LogP contribution in [0.4, 0.5) is 0 Å². The van der Waals surface area contributed by atoms with Crippen LogP contribution < -0.4 is 5.73 Å². The number of nitrogens with zero attached hydrogens (tertiary/aromatic N) is 2. The maximum atomic E-state index is 6.31. The molecule has 1 aromatic heterocycles. The molecule has 1 fully saturated rings. The lowest BCUT2D eigenvalue weighted by Crippen LogP contribution is -2.40. The van der Waals surface area contributed by atoms with Gasteiger partial charge in [-0.15, -0.1) is 11.3 Å². The highest BCUT2D eigenvalue weighted by Crippen LogP contribution is 2.29. The van der Waals surface area contributed by atoms with Crippen LogP contribution >= 0.6 is 11.3 Å². The van der Waals surface area contributed by atoms with Crippen molar-refractivity contribution in [1.29, 1.82) is 0 Å². The fourth-order valence-corrected chi connectivity index (χ4v) is 3.16. The standard InChI is InChI=1S/C12H21N3S/c1-2-6-15-7-4-3-5-10(13)12(15)11-8-16-9-14-11/h8-10,12H,2-7,13H2,1H3. The molecule has 2 atom stereocenters. The van der Waals surface area contributed by atoms with Crippen LogP contribution in [-0.2, 0) is 0 Å². The smallest absolute Gasteiger partial charge is 0.0795 e. The third-order valence-corrected chi connectivity index (χ3v) is 3.90. The van der Waals surface area contributed by atoms with Gasteiger partial charge in [0, 0.05) is 11.4 Å². The molecule has 1 aliphatic rings.